The molecule has 0 aromatic heterocycles. The molecular formula is C16H21NO3. The molecule has 3 rings (SSSR count). The number of ether oxygens (including phenoxy) is 1. The molecule has 4 heteroatoms. The lowest BCUT2D eigenvalue weighted by molar-refractivity contribution is -0.123. The number of nitrogens with one attached hydrogen (secondary N) is 1. The molecule has 4 nitrogen and oxygen atoms in total. The van der Waals surface area contributed by atoms with Gasteiger partial charge in [-0.2, -0.15) is 0 Å². The Morgan fingerprint density at radius 2 is 2.10 bits per heavy atom. The molecule has 0 spiro atoms. The van der Waals surface area contributed by atoms with Gasteiger partial charge in [0.2, 0.25) is 5.91 Å². The highest BCUT2D eigenvalue weighted by atomic mass is 16.5. The average molecular weight is 275 g/mol. The van der Waals surface area contributed by atoms with Gasteiger partial charge in [-0.15, -0.1) is 0 Å². The highest BCUT2D eigenvalue weighted by Gasteiger charge is 2.31. The Morgan fingerprint density at radius 3 is 2.90 bits per heavy atom. The molecule has 1 fully saturated rings. The Labute approximate surface area is 119 Å². The molecule has 2 N–H and O–H groups in total. The van der Waals surface area contributed by atoms with Gasteiger partial charge in [-0.1, -0.05) is 31.0 Å². The Balaban J connectivity index is 1.55. The minimum Gasteiger partial charge on any atom is -0.492 e. The molecule has 1 heterocycles. The van der Waals surface area contributed by atoms with E-state index in [0.717, 1.165) is 24.2 Å². The largest absolute Gasteiger partial charge is 0.492 e. The van der Waals surface area contributed by atoms with Crippen molar-refractivity contribution in [3.8, 4) is 5.75 Å². The summed E-state index contributed by atoms with van der Waals surface area (Å²) in [7, 11) is 0. The number of fused-ring (bicyclic) bond motifs is 1. The van der Waals surface area contributed by atoms with E-state index in [4.69, 9.17) is 4.74 Å². The van der Waals surface area contributed by atoms with Crippen LogP contribution in [0.25, 0.3) is 0 Å². The molecule has 0 radical (unpaired) electrons. The van der Waals surface area contributed by atoms with Crippen LogP contribution in [0.2, 0.25) is 0 Å². The van der Waals surface area contributed by atoms with Crippen molar-refractivity contribution >= 4 is 5.91 Å². The van der Waals surface area contributed by atoms with Gasteiger partial charge in [-0.3, -0.25) is 4.79 Å². The van der Waals surface area contributed by atoms with Gasteiger partial charge in [-0.05, 0) is 24.8 Å². The van der Waals surface area contributed by atoms with Crippen molar-refractivity contribution in [2.45, 2.75) is 37.7 Å². The molecule has 0 saturated heterocycles. The molecule has 1 aliphatic heterocycles. The number of aliphatic hydroxyl groups is 1. The number of amides is 1. The summed E-state index contributed by atoms with van der Waals surface area (Å²) in [4.78, 5) is 12.2. The molecule has 1 aromatic carbocycles. The number of benzene rings is 1. The predicted octanol–water partition coefficient (Wildman–Crippen LogP) is 1.83. The van der Waals surface area contributed by atoms with Crippen molar-refractivity contribution in [2.75, 3.05) is 13.2 Å². The predicted molar refractivity (Wildman–Crippen MR) is 75.7 cm³/mol. The summed E-state index contributed by atoms with van der Waals surface area (Å²) >= 11 is 0. The summed E-state index contributed by atoms with van der Waals surface area (Å²) in [5.41, 5.74) is 0.945. The number of carbonyl (C=O) groups is 1. The maximum atomic E-state index is 12.2. The number of para-hydroxylation sites is 1. The fourth-order valence-electron chi connectivity index (χ4n) is 3.22. The third kappa shape index (κ3) is 2.66. The maximum Gasteiger partial charge on any atom is 0.231 e. The smallest absolute Gasteiger partial charge is 0.231 e. The molecule has 2 aliphatic rings. The SMILES string of the molecule is O=C(NC[C@@H](O)C1CCCC1)[C@H]1COc2ccccc21. The molecule has 1 aromatic rings. The summed E-state index contributed by atoms with van der Waals surface area (Å²) in [6.45, 7) is 0.743. The van der Waals surface area contributed by atoms with E-state index in [0.29, 0.717) is 19.1 Å². The van der Waals surface area contributed by atoms with Crippen molar-refractivity contribution < 1.29 is 14.6 Å². The van der Waals surface area contributed by atoms with Gasteiger partial charge < -0.3 is 15.2 Å². The molecule has 1 aliphatic carbocycles. The van der Waals surface area contributed by atoms with Gasteiger partial charge in [0.05, 0.1) is 6.10 Å². The zero-order valence-electron chi connectivity index (χ0n) is 11.5. The molecule has 108 valence electrons. The van der Waals surface area contributed by atoms with E-state index >= 15 is 0 Å². The number of aliphatic hydroxyl groups excluding tert-OH is 1. The standard InChI is InChI=1S/C16H21NO3/c18-14(11-5-1-2-6-11)9-17-16(19)13-10-20-15-8-4-3-7-12(13)15/h3-4,7-8,11,13-14,18H,1-2,5-6,9-10H2,(H,17,19)/t13-,14+/m0/s1. The van der Waals surface area contributed by atoms with Crippen molar-refractivity contribution in [1.82, 2.24) is 5.32 Å². The summed E-state index contributed by atoms with van der Waals surface area (Å²) in [6.07, 6.45) is 4.12. The summed E-state index contributed by atoms with van der Waals surface area (Å²) in [6, 6.07) is 7.64. The van der Waals surface area contributed by atoms with Crippen molar-refractivity contribution in [2.24, 2.45) is 5.92 Å². The van der Waals surface area contributed by atoms with E-state index in [-0.39, 0.29) is 11.8 Å². The van der Waals surface area contributed by atoms with Gasteiger partial charge in [0.15, 0.2) is 0 Å². The molecule has 0 bridgehead atoms. The van der Waals surface area contributed by atoms with E-state index in [1.807, 2.05) is 24.3 Å². The first-order valence-electron chi connectivity index (χ1n) is 7.43. The normalized spacial score (nSPS) is 23.1. The Kier molecular flexibility index (Phi) is 3.92. The van der Waals surface area contributed by atoms with Crippen LogP contribution in [-0.2, 0) is 4.79 Å². The van der Waals surface area contributed by atoms with Crippen molar-refractivity contribution in [3.63, 3.8) is 0 Å². The van der Waals surface area contributed by atoms with Gasteiger partial charge in [-0.25, -0.2) is 0 Å². The summed E-state index contributed by atoms with van der Waals surface area (Å²) in [5, 5.41) is 13.0. The quantitative estimate of drug-likeness (QED) is 0.881. The third-order valence-electron chi connectivity index (χ3n) is 4.45. The molecular weight excluding hydrogens is 254 g/mol. The fourth-order valence-corrected chi connectivity index (χ4v) is 3.22. The number of rotatable bonds is 4. The first-order valence-corrected chi connectivity index (χ1v) is 7.43. The monoisotopic (exact) mass is 275 g/mol. The maximum absolute atomic E-state index is 12.2. The zero-order chi connectivity index (χ0) is 13.9. The summed E-state index contributed by atoms with van der Waals surface area (Å²) in [5.74, 6) is 0.848. The van der Waals surface area contributed by atoms with Crippen LogP contribution < -0.4 is 10.1 Å². The lowest BCUT2D eigenvalue weighted by Crippen LogP contribution is -2.38. The van der Waals surface area contributed by atoms with Crippen LogP contribution in [0.5, 0.6) is 5.75 Å². The van der Waals surface area contributed by atoms with E-state index < -0.39 is 6.10 Å². The second-order valence-corrected chi connectivity index (χ2v) is 5.76. The van der Waals surface area contributed by atoms with Gasteiger partial charge in [0.1, 0.15) is 18.3 Å². The number of carbonyl (C=O) groups excluding carboxylic acids is 1. The highest BCUT2D eigenvalue weighted by molar-refractivity contribution is 5.85. The van der Waals surface area contributed by atoms with Crippen LogP contribution >= 0.6 is 0 Å². The molecule has 1 amide bonds. The Bertz CT molecular complexity index is 482. The van der Waals surface area contributed by atoms with Gasteiger partial charge >= 0.3 is 0 Å². The van der Waals surface area contributed by atoms with Crippen LogP contribution in [0.4, 0.5) is 0 Å². The highest BCUT2D eigenvalue weighted by Crippen LogP contribution is 2.33. The minimum absolute atomic E-state index is 0.0491. The van der Waals surface area contributed by atoms with E-state index in [1.54, 1.807) is 0 Å². The Morgan fingerprint density at radius 1 is 1.35 bits per heavy atom. The second-order valence-electron chi connectivity index (χ2n) is 5.76. The number of hydrogen-bond acceptors (Lipinski definition) is 3. The average Bonchev–Trinajstić information content (AvgIpc) is 3.13. The molecule has 1 saturated carbocycles. The first-order chi connectivity index (χ1) is 9.75. The van der Waals surface area contributed by atoms with Crippen LogP contribution in [0.1, 0.15) is 37.2 Å². The Hall–Kier alpha value is -1.55. The summed E-state index contributed by atoms with van der Waals surface area (Å²) < 4.78 is 5.52. The van der Waals surface area contributed by atoms with Crippen molar-refractivity contribution in [1.29, 1.82) is 0 Å². The van der Waals surface area contributed by atoms with Crippen LogP contribution in [-0.4, -0.2) is 30.3 Å². The van der Waals surface area contributed by atoms with E-state index in [9.17, 15) is 9.90 Å². The second kappa shape index (κ2) is 5.83. The fraction of sp³-hybridized carbons (Fsp3) is 0.562. The lowest BCUT2D eigenvalue weighted by Gasteiger charge is -2.19. The van der Waals surface area contributed by atoms with Crippen LogP contribution in [0.15, 0.2) is 24.3 Å². The third-order valence-corrected chi connectivity index (χ3v) is 4.45. The van der Waals surface area contributed by atoms with Crippen molar-refractivity contribution in [3.05, 3.63) is 29.8 Å². The van der Waals surface area contributed by atoms with Crippen LogP contribution in [0, 0.1) is 5.92 Å². The lowest BCUT2D eigenvalue weighted by atomic mass is 9.99. The van der Waals surface area contributed by atoms with Gasteiger partial charge in [0, 0.05) is 12.1 Å². The van der Waals surface area contributed by atoms with E-state index in [1.165, 1.54) is 12.8 Å². The van der Waals surface area contributed by atoms with Gasteiger partial charge in [0.25, 0.3) is 0 Å². The molecule has 2 atom stereocenters. The van der Waals surface area contributed by atoms with E-state index in [2.05, 4.69) is 5.32 Å². The molecule has 0 unspecified atom stereocenters. The minimum atomic E-state index is -0.418. The zero-order valence-corrected chi connectivity index (χ0v) is 11.5. The van der Waals surface area contributed by atoms with Crippen LogP contribution in [0.3, 0.4) is 0 Å². The number of hydrogen-bond donors (Lipinski definition) is 2. The first kappa shape index (κ1) is 13.4. The molecule has 20 heavy (non-hydrogen) atoms. The topological polar surface area (TPSA) is 58.6 Å².